The van der Waals surface area contributed by atoms with Gasteiger partial charge < -0.3 is 9.80 Å². The number of carbonyl (C=O) groups is 1. The van der Waals surface area contributed by atoms with E-state index < -0.39 is 28.6 Å². The van der Waals surface area contributed by atoms with Gasteiger partial charge in [0.15, 0.2) is 0 Å². The lowest BCUT2D eigenvalue weighted by molar-refractivity contribution is -0.161. The number of nitrogens with one attached hydrogen (secondary N) is 1. The van der Waals surface area contributed by atoms with E-state index >= 15 is 4.39 Å². The third-order valence-electron chi connectivity index (χ3n) is 7.29. The third-order valence-corrected chi connectivity index (χ3v) is 7.29. The van der Waals surface area contributed by atoms with Gasteiger partial charge in [-0.05, 0) is 37.2 Å². The highest BCUT2D eigenvalue weighted by Gasteiger charge is 2.55. The molecule has 0 aromatic carbocycles. The Labute approximate surface area is 184 Å². The van der Waals surface area contributed by atoms with Crippen LogP contribution in [-0.2, 0) is 17.1 Å². The van der Waals surface area contributed by atoms with Crippen molar-refractivity contribution in [2.75, 3.05) is 39.3 Å². The zero-order valence-electron chi connectivity index (χ0n) is 18.2. The molecule has 1 atom stereocenters. The topological polar surface area (TPSA) is 72.5 Å². The Kier molecular flexibility index (Phi) is 4.92. The zero-order chi connectivity index (χ0) is 22.8. The number of amides is 1. The molecule has 2 aliphatic heterocycles. The van der Waals surface area contributed by atoms with Crippen molar-refractivity contribution in [3.05, 3.63) is 39.5 Å². The molecular weight excluding hydrogens is 423 g/mol. The summed E-state index contributed by atoms with van der Waals surface area (Å²) in [6.07, 6.45) is 3.10. The minimum atomic E-state index is -3.28. The summed E-state index contributed by atoms with van der Waals surface area (Å²) in [6, 6.07) is -0.377. The molecule has 5 rings (SSSR count). The number of aromatic nitrogens is 2. The second-order valence-electron chi connectivity index (χ2n) is 9.65. The monoisotopic (exact) mass is 451 g/mol. The Balaban J connectivity index is 1.22. The molecule has 4 aliphatic rings. The first-order chi connectivity index (χ1) is 15.1. The molecule has 0 spiro atoms. The number of piperazine rings is 1. The van der Waals surface area contributed by atoms with Crippen LogP contribution < -0.4 is 5.56 Å². The normalized spacial score (nSPS) is 25.4. The molecule has 174 valence electrons. The van der Waals surface area contributed by atoms with Crippen molar-refractivity contribution in [3.8, 4) is 0 Å². The number of halogens is 3. The quantitative estimate of drug-likeness (QED) is 0.741. The number of likely N-dealkylation sites (tertiary alicyclic amines) is 1. The SMILES string of the molecule is C=C(C1CC1)N1CCN(C(=O)C2(F)CN(C3CCc4c3n[nH]c(=O)c4C(C)(F)F)C2)CC1. The molecule has 1 amide bonds. The lowest BCUT2D eigenvalue weighted by Crippen LogP contribution is -2.68. The fourth-order valence-corrected chi connectivity index (χ4v) is 5.37. The number of hydrogen-bond donors (Lipinski definition) is 1. The number of alkyl halides is 3. The number of hydrogen-bond acceptors (Lipinski definition) is 5. The van der Waals surface area contributed by atoms with Gasteiger partial charge in [0, 0.05) is 51.9 Å². The second-order valence-corrected chi connectivity index (χ2v) is 9.65. The Bertz CT molecular complexity index is 1000. The van der Waals surface area contributed by atoms with Crippen molar-refractivity contribution < 1.29 is 18.0 Å². The van der Waals surface area contributed by atoms with Crippen LogP contribution in [0.1, 0.15) is 49.0 Å². The van der Waals surface area contributed by atoms with Gasteiger partial charge in [-0.2, -0.15) is 5.10 Å². The maximum atomic E-state index is 15.4. The summed E-state index contributed by atoms with van der Waals surface area (Å²) in [4.78, 5) is 30.4. The largest absolute Gasteiger partial charge is 0.372 e. The van der Waals surface area contributed by atoms with Crippen molar-refractivity contribution in [1.82, 2.24) is 24.9 Å². The number of carbonyl (C=O) groups excluding carboxylic acids is 1. The highest BCUT2D eigenvalue weighted by molar-refractivity contribution is 5.87. The van der Waals surface area contributed by atoms with Crippen molar-refractivity contribution >= 4 is 5.91 Å². The minimum absolute atomic E-state index is 0.0937. The van der Waals surface area contributed by atoms with Crippen molar-refractivity contribution in [2.24, 2.45) is 5.92 Å². The van der Waals surface area contributed by atoms with E-state index in [0.717, 1.165) is 5.70 Å². The summed E-state index contributed by atoms with van der Waals surface area (Å²) in [5, 5.41) is 6.17. The molecule has 2 aliphatic carbocycles. The summed E-state index contributed by atoms with van der Waals surface area (Å²) in [5.74, 6) is -3.22. The molecule has 3 fully saturated rings. The fourth-order valence-electron chi connectivity index (χ4n) is 5.37. The number of allylic oxidation sites excluding steroid dienone is 1. The van der Waals surface area contributed by atoms with Crippen molar-refractivity contribution in [2.45, 2.75) is 50.2 Å². The van der Waals surface area contributed by atoms with Gasteiger partial charge in [-0.1, -0.05) is 6.58 Å². The van der Waals surface area contributed by atoms with E-state index in [4.69, 9.17) is 0 Å². The number of rotatable bonds is 5. The van der Waals surface area contributed by atoms with Crippen LogP contribution in [0.25, 0.3) is 0 Å². The predicted molar refractivity (Wildman–Crippen MR) is 111 cm³/mol. The molecule has 1 unspecified atom stereocenters. The molecule has 0 radical (unpaired) electrons. The van der Waals surface area contributed by atoms with Gasteiger partial charge in [0.05, 0.1) is 17.3 Å². The first kappa shape index (κ1) is 21.5. The highest BCUT2D eigenvalue weighted by atomic mass is 19.3. The minimum Gasteiger partial charge on any atom is -0.372 e. The molecule has 3 heterocycles. The van der Waals surface area contributed by atoms with Gasteiger partial charge >= 0.3 is 0 Å². The van der Waals surface area contributed by atoms with Crippen LogP contribution in [0.15, 0.2) is 17.1 Å². The lowest BCUT2D eigenvalue weighted by atomic mass is 9.91. The molecule has 1 aromatic heterocycles. The summed E-state index contributed by atoms with van der Waals surface area (Å²) >= 11 is 0. The third kappa shape index (κ3) is 3.52. The van der Waals surface area contributed by atoms with Gasteiger partial charge in [0.25, 0.3) is 17.4 Å². The smallest absolute Gasteiger partial charge is 0.276 e. The van der Waals surface area contributed by atoms with E-state index in [1.165, 1.54) is 12.8 Å². The Hall–Kier alpha value is -2.36. The van der Waals surface area contributed by atoms with Crippen molar-refractivity contribution in [1.29, 1.82) is 0 Å². The summed E-state index contributed by atoms with van der Waals surface area (Å²) in [5.41, 5.74) is -1.68. The van der Waals surface area contributed by atoms with Crippen LogP contribution >= 0.6 is 0 Å². The molecule has 7 nitrogen and oxygen atoms in total. The van der Waals surface area contributed by atoms with Gasteiger partial charge in [0.2, 0.25) is 5.67 Å². The standard InChI is InChI=1S/C22H28F3N5O2/c1-13(14-3-4-14)28-7-9-29(10-8-28)20(32)22(25)11-30(12-22)16-6-5-15-17(21(2,23)24)19(31)27-26-18(15)16/h14,16H,1,3-12H2,2H3,(H,27,31). The van der Waals surface area contributed by atoms with E-state index in [1.807, 2.05) is 0 Å². The van der Waals surface area contributed by atoms with Crippen molar-refractivity contribution in [3.63, 3.8) is 0 Å². The van der Waals surface area contributed by atoms with E-state index in [0.29, 0.717) is 51.1 Å². The van der Waals surface area contributed by atoms with Gasteiger partial charge in [0.1, 0.15) is 0 Å². The van der Waals surface area contributed by atoms with Gasteiger partial charge in [-0.3, -0.25) is 14.5 Å². The molecule has 1 N–H and O–H groups in total. The van der Waals surface area contributed by atoms with Gasteiger partial charge in [-0.15, -0.1) is 0 Å². The number of fused-ring (bicyclic) bond motifs is 1. The highest BCUT2D eigenvalue weighted by Crippen LogP contribution is 2.43. The zero-order valence-corrected chi connectivity index (χ0v) is 18.2. The molecule has 1 saturated carbocycles. The maximum Gasteiger partial charge on any atom is 0.276 e. The summed E-state index contributed by atoms with van der Waals surface area (Å²) in [7, 11) is 0. The first-order valence-electron chi connectivity index (χ1n) is 11.2. The second kappa shape index (κ2) is 7.33. The predicted octanol–water partition coefficient (Wildman–Crippen LogP) is 1.96. The lowest BCUT2D eigenvalue weighted by Gasteiger charge is -2.49. The fraction of sp³-hybridized carbons (Fsp3) is 0.682. The Morgan fingerprint density at radius 1 is 1.16 bits per heavy atom. The molecule has 10 heteroatoms. The average Bonchev–Trinajstić information content (AvgIpc) is 3.49. The first-order valence-corrected chi connectivity index (χ1v) is 11.2. The summed E-state index contributed by atoms with van der Waals surface area (Å²) < 4.78 is 43.4. The molecular formula is C22H28F3N5O2. The number of aromatic amines is 1. The van der Waals surface area contributed by atoms with Crippen LogP contribution in [0.3, 0.4) is 0 Å². The molecule has 0 bridgehead atoms. The Morgan fingerprint density at radius 2 is 1.78 bits per heavy atom. The van der Waals surface area contributed by atoms with E-state index in [1.54, 1.807) is 9.80 Å². The van der Waals surface area contributed by atoms with E-state index in [-0.39, 0.29) is 31.1 Å². The van der Waals surface area contributed by atoms with E-state index in [9.17, 15) is 18.4 Å². The molecule has 2 saturated heterocycles. The maximum absolute atomic E-state index is 15.4. The Morgan fingerprint density at radius 3 is 2.38 bits per heavy atom. The average molecular weight is 451 g/mol. The van der Waals surface area contributed by atoms with Crippen LogP contribution in [0.5, 0.6) is 0 Å². The summed E-state index contributed by atoms with van der Waals surface area (Å²) in [6.45, 7) is 6.94. The van der Waals surface area contributed by atoms with Gasteiger partial charge in [-0.25, -0.2) is 18.3 Å². The molecule has 32 heavy (non-hydrogen) atoms. The van der Waals surface area contributed by atoms with Crippen LogP contribution in [0, 0.1) is 5.92 Å². The number of H-pyrrole nitrogens is 1. The number of nitrogens with zero attached hydrogens (tertiary/aromatic N) is 4. The van der Waals surface area contributed by atoms with E-state index in [2.05, 4.69) is 21.7 Å². The van der Waals surface area contributed by atoms with Crippen LogP contribution in [-0.4, -0.2) is 75.7 Å². The van der Waals surface area contributed by atoms with Crippen LogP contribution in [0.4, 0.5) is 13.2 Å². The van der Waals surface area contributed by atoms with Crippen LogP contribution in [0.2, 0.25) is 0 Å². The molecule has 1 aromatic rings.